The highest BCUT2D eigenvalue weighted by molar-refractivity contribution is 5.13. The first-order chi connectivity index (χ1) is 8.34. The molecule has 0 amide bonds. The summed E-state index contributed by atoms with van der Waals surface area (Å²) >= 11 is 0. The molecule has 0 spiro atoms. The number of pyridine rings is 1. The van der Waals surface area contributed by atoms with Crippen molar-refractivity contribution < 1.29 is 9.47 Å². The maximum atomic E-state index is 5.39. The summed E-state index contributed by atoms with van der Waals surface area (Å²) in [6, 6.07) is 4.43. The Balaban J connectivity index is 2.03. The molecule has 1 atom stereocenters. The highest BCUT2D eigenvalue weighted by Gasteiger charge is 2.02. The Hall–Kier alpha value is -0.970. The molecule has 0 bridgehead atoms. The van der Waals surface area contributed by atoms with Crippen LogP contribution < -0.4 is 5.32 Å². The smallest absolute Gasteiger partial charge is 0.0700 e. The lowest BCUT2D eigenvalue weighted by atomic mass is 10.1. The van der Waals surface area contributed by atoms with E-state index in [1.807, 2.05) is 24.5 Å². The fourth-order valence-electron chi connectivity index (χ4n) is 1.51. The predicted molar refractivity (Wildman–Crippen MR) is 68.0 cm³/mol. The van der Waals surface area contributed by atoms with Crippen molar-refractivity contribution in [2.24, 2.45) is 0 Å². The van der Waals surface area contributed by atoms with E-state index in [-0.39, 0.29) is 0 Å². The van der Waals surface area contributed by atoms with Crippen LogP contribution in [0.4, 0.5) is 0 Å². The highest BCUT2D eigenvalue weighted by atomic mass is 16.5. The van der Waals surface area contributed by atoms with Gasteiger partial charge in [-0.1, -0.05) is 0 Å². The molecule has 4 nitrogen and oxygen atoms in total. The molecule has 1 aromatic rings. The molecule has 1 N–H and O–H groups in total. The Labute approximate surface area is 103 Å². The van der Waals surface area contributed by atoms with Gasteiger partial charge in [-0.2, -0.15) is 0 Å². The average Bonchev–Trinajstić information content (AvgIpc) is 2.38. The van der Waals surface area contributed by atoms with Crippen molar-refractivity contribution in [2.45, 2.75) is 19.4 Å². The van der Waals surface area contributed by atoms with Crippen molar-refractivity contribution in [3.63, 3.8) is 0 Å². The number of nitrogens with zero attached hydrogens (tertiary/aromatic N) is 1. The summed E-state index contributed by atoms with van der Waals surface area (Å²) in [4.78, 5) is 4.01. The largest absolute Gasteiger partial charge is 0.382 e. The van der Waals surface area contributed by atoms with Crippen LogP contribution >= 0.6 is 0 Å². The van der Waals surface area contributed by atoms with Crippen molar-refractivity contribution in [3.8, 4) is 0 Å². The van der Waals surface area contributed by atoms with E-state index in [0.717, 1.165) is 19.6 Å². The number of nitrogens with one attached hydrogen (secondary N) is 1. The third kappa shape index (κ3) is 6.36. The Morgan fingerprint density at radius 1 is 1.24 bits per heavy atom. The van der Waals surface area contributed by atoms with E-state index in [1.165, 1.54) is 5.56 Å². The molecule has 96 valence electrons. The van der Waals surface area contributed by atoms with Crippen molar-refractivity contribution in [1.29, 1.82) is 0 Å². The number of hydrogen-bond donors (Lipinski definition) is 1. The van der Waals surface area contributed by atoms with Crippen molar-refractivity contribution in [1.82, 2.24) is 10.3 Å². The summed E-state index contributed by atoms with van der Waals surface area (Å²) in [7, 11) is 1.68. The molecule has 0 unspecified atom stereocenters. The van der Waals surface area contributed by atoms with Crippen LogP contribution in [0.2, 0.25) is 0 Å². The van der Waals surface area contributed by atoms with E-state index < -0.39 is 0 Å². The Morgan fingerprint density at radius 3 is 2.71 bits per heavy atom. The fourth-order valence-corrected chi connectivity index (χ4v) is 1.51. The number of hydrogen-bond acceptors (Lipinski definition) is 4. The molecule has 0 aromatic carbocycles. The summed E-state index contributed by atoms with van der Waals surface area (Å²) in [6.07, 6.45) is 4.65. The third-order valence-electron chi connectivity index (χ3n) is 2.55. The molecule has 1 heterocycles. The average molecular weight is 238 g/mol. The van der Waals surface area contributed by atoms with Gasteiger partial charge < -0.3 is 14.8 Å². The summed E-state index contributed by atoms with van der Waals surface area (Å²) in [5, 5.41) is 3.45. The van der Waals surface area contributed by atoms with Crippen LogP contribution in [0.15, 0.2) is 24.5 Å². The summed E-state index contributed by atoms with van der Waals surface area (Å²) in [6.45, 7) is 5.23. The van der Waals surface area contributed by atoms with Crippen molar-refractivity contribution in [2.75, 3.05) is 33.5 Å². The van der Waals surface area contributed by atoms with Crippen LogP contribution in [0, 0.1) is 0 Å². The van der Waals surface area contributed by atoms with Gasteiger partial charge in [-0.15, -0.1) is 0 Å². The van der Waals surface area contributed by atoms with Gasteiger partial charge in [-0.3, -0.25) is 4.98 Å². The van der Waals surface area contributed by atoms with Crippen LogP contribution in [-0.4, -0.2) is 38.5 Å². The zero-order chi connectivity index (χ0) is 12.3. The molecule has 17 heavy (non-hydrogen) atoms. The van der Waals surface area contributed by atoms with Gasteiger partial charge in [-0.05, 0) is 37.6 Å². The summed E-state index contributed by atoms with van der Waals surface area (Å²) < 4.78 is 10.3. The van der Waals surface area contributed by atoms with Crippen molar-refractivity contribution >= 4 is 0 Å². The quantitative estimate of drug-likeness (QED) is 0.666. The van der Waals surface area contributed by atoms with Gasteiger partial charge >= 0.3 is 0 Å². The fraction of sp³-hybridized carbons (Fsp3) is 0.615. The number of aromatic nitrogens is 1. The van der Waals surface area contributed by atoms with Gasteiger partial charge in [0.15, 0.2) is 0 Å². The molecule has 4 heteroatoms. The lowest BCUT2D eigenvalue weighted by Crippen LogP contribution is -2.21. The molecular weight excluding hydrogens is 216 g/mol. The van der Waals surface area contributed by atoms with Gasteiger partial charge in [0.2, 0.25) is 0 Å². The minimum atomic E-state index is 0.358. The van der Waals surface area contributed by atoms with E-state index >= 15 is 0 Å². The first-order valence-corrected chi connectivity index (χ1v) is 6.04. The molecule has 0 saturated heterocycles. The zero-order valence-corrected chi connectivity index (χ0v) is 10.7. The van der Waals surface area contributed by atoms with E-state index in [4.69, 9.17) is 9.47 Å². The number of ether oxygens (including phenoxy) is 2. The van der Waals surface area contributed by atoms with Crippen molar-refractivity contribution in [3.05, 3.63) is 30.1 Å². The van der Waals surface area contributed by atoms with Crippen LogP contribution in [0.3, 0.4) is 0 Å². The lowest BCUT2D eigenvalue weighted by molar-refractivity contribution is 0.0693. The minimum Gasteiger partial charge on any atom is -0.382 e. The molecule has 1 aromatic heterocycles. The second-order valence-electron chi connectivity index (χ2n) is 3.92. The first-order valence-electron chi connectivity index (χ1n) is 6.04. The molecule has 0 aliphatic heterocycles. The predicted octanol–water partition coefficient (Wildman–Crippen LogP) is 1.79. The maximum Gasteiger partial charge on any atom is 0.0700 e. The maximum absolute atomic E-state index is 5.39. The minimum absolute atomic E-state index is 0.358. The monoisotopic (exact) mass is 238 g/mol. The van der Waals surface area contributed by atoms with Gasteiger partial charge in [0, 0.05) is 32.2 Å². The number of rotatable bonds is 9. The zero-order valence-electron chi connectivity index (χ0n) is 10.7. The van der Waals surface area contributed by atoms with Crippen LogP contribution in [0.5, 0.6) is 0 Å². The SMILES string of the molecule is COCCOCCCN[C@H](C)c1ccncc1. The molecule has 0 aliphatic carbocycles. The standard InChI is InChI=1S/C13H22N2O2/c1-12(13-4-7-14-8-5-13)15-6-3-9-17-11-10-16-2/h4-5,7-8,12,15H,3,6,9-11H2,1-2H3/t12-/m1/s1. The third-order valence-corrected chi connectivity index (χ3v) is 2.55. The summed E-state index contributed by atoms with van der Waals surface area (Å²) in [5.74, 6) is 0. The molecule has 0 saturated carbocycles. The highest BCUT2D eigenvalue weighted by Crippen LogP contribution is 2.09. The molecule has 0 fully saturated rings. The second-order valence-corrected chi connectivity index (χ2v) is 3.92. The Kier molecular flexibility index (Phi) is 7.54. The molecule has 1 rings (SSSR count). The molecule has 0 aliphatic rings. The lowest BCUT2D eigenvalue weighted by Gasteiger charge is -2.13. The first kappa shape index (κ1) is 14.1. The normalized spacial score (nSPS) is 12.6. The van der Waals surface area contributed by atoms with Gasteiger partial charge in [0.1, 0.15) is 0 Å². The van der Waals surface area contributed by atoms with Crippen LogP contribution in [0.1, 0.15) is 24.9 Å². The van der Waals surface area contributed by atoms with E-state index in [2.05, 4.69) is 17.2 Å². The Morgan fingerprint density at radius 2 is 2.00 bits per heavy atom. The van der Waals surface area contributed by atoms with E-state index in [9.17, 15) is 0 Å². The van der Waals surface area contributed by atoms with Crippen LogP contribution in [-0.2, 0) is 9.47 Å². The molecular formula is C13H22N2O2. The second kappa shape index (κ2) is 9.10. The Bertz CT molecular complexity index is 280. The molecule has 0 radical (unpaired) electrons. The van der Waals surface area contributed by atoms with Gasteiger partial charge in [0.05, 0.1) is 13.2 Å². The van der Waals surface area contributed by atoms with Gasteiger partial charge in [0.25, 0.3) is 0 Å². The summed E-state index contributed by atoms with van der Waals surface area (Å²) in [5.41, 5.74) is 1.26. The number of methoxy groups -OCH3 is 1. The van der Waals surface area contributed by atoms with E-state index in [0.29, 0.717) is 19.3 Å². The van der Waals surface area contributed by atoms with E-state index in [1.54, 1.807) is 7.11 Å². The van der Waals surface area contributed by atoms with Gasteiger partial charge in [-0.25, -0.2) is 0 Å². The van der Waals surface area contributed by atoms with Crippen LogP contribution in [0.25, 0.3) is 0 Å². The topological polar surface area (TPSA) is 43.4 Å².